The molecular weight excluding hydrogens is 309 g/mol. The Kier molecular flexibility index (Phi) is 6.25. The van der Waals surface area contributed by atoms with Gasteiger partial charge in [-0.2, -0.15) is 26.3 Å². The summed E-state index contributed by atoms with van der Waals surface area (Å²) in [7, 11) is 0. The van der Waals surface area contributed by atoms with Crippen LogP contribution in [0.3, 0.4) is 0 Å². The Balaban J connectivity index is 5.35. The molecule has 0 aliphatic carbocycles. The Bertz CT molecular complexity index is 370. The summed E-state index contributed by atoms with van der Waals surface area (Å²) in [6.45, 7) is 5.76. The molecule has 9 heteroatoms. The van der Waals surface area contributed by atoms with Crippen molar-refractivity contribution in [2.45, 2.75) is 57.2 Å². The molecule has 0 amide bonds. The number of carbonyl (C=O) groups is 1. The Hall–Kier alpha value is -1.28. The Labute approximate surface area is 116 Å². The van der Waals surface area contributed by atoms with E-state index in [0.717, 1.165) is 0 Å². The number of hydrogen-bond donors (Lipinski definition) is 0. The monoisotopic (exact) mass is 324 g/mol. The molecule has 0 spiro atoms. The molecule has 1 atom stereocenters. The van der Waals surface area contributed by atoms with Crippen LogP contribution in [-0.4, -0.2) is 30.1 Å². The van der Waals surface area contributed by atoms with E-state index in [1.165, 1.54) is 13.8 Å². The summed E-state index contributed by atoms with van der Waals surface area (Å²) in [5, 5.41) is 0. The molecule has 0 saturated heterocycles. The molecular formula is C12H15F7O2. The number of rotatable bonds is 6. The smallest absolute Gasteiger partial charge is 0.431 e. The predicted octanol–water partition coefficient (Wildman–Crippen LogP) is 4.50. The van der Waals surface area contributed by atoms with Crippen molar-refractivity contribution in [3.63, 3.8) is 0 Å². The minimum absolute atomic E-state index is 0.111. The average molecular weight is 324 g/mol. The number of carbonyl (C=O) groups excluding carboxylic acids is 1. The van der Waals surface area contributed by atoms with Crippen molar-refractivity contribution in [2.24, 2.45) is 0 Å². The number of alkyl halides is 7. The van der Waals surface area contributed by atoms with Gasteiger partial charge in [-0.3, -0.25) is 0 Å². The molecule has 0 rings (SSSR count). The Morgan fingerprint density at radius 2 is 1.52 bits per heavy atom. The summed E-state index contributed by atoms with van der Waals surface area (Å²) < 4.78 is 92.7. The molecule has 0 aliphatic heterocycles. The molecule has 0 aliphatic rings. The fourth-order valence-corrected chi connectivity index (χ4v) is 1.48. The fourth-order valence-electron chi connectivity index (χ4n) is 1.48. The minimum Gasteiger partial charge on any atom is -0.459 e. The molecule has 0 fully saturated rings. The van der Waals surface area contributed by atoms with E-state index < -0.39 is 36.5 Å². The normalized spacial score (nSPS) is 14.7. The van der Waals surface area contributed by atoms with Gasteiger partial charge in [0.25, 0.3) is 0 Å². The standard InChI is InChI=1S/C12H15F7O2/c1-4-5-8(21-9(20)7(2)3)6-10(13,11(14,15)16)12(17,18)19/h8H,2,4-6H2,1,3H3. The topological polar surface area (TPSA) is 26.3 Å². The zero-order valence-corrected chi connectivity index (χ0v) is 11.4. The van der Waals surface area contributed by atoms with Gasteiger partial charge in [-0.15, -0.1) is 0 Å². The van der Waals surface area contributed by atoms with Gasteiger partial charge in [0.1, 0.15) is 6.10 Å². The SMILES string of the molecule is C=C(C)C(=O)OC(CCC)CC(F)(C(F)(F)F)C(F)(F)F. The van der Waals surface area contributed by atoms with Crippen molar-refractivity contribution >= 4 is 5.97 Å². The lowest BCUT2D eigenvalue weighted by Crippen LogP contribution is -2.55. The molecule has 0 aromatic carbocycles. The van der Waals surface area contributed by atoms with Crippen molar-refractivity contribution in [2.75, 3.05) is 0 Å². The van der Waals surface area contributed by atoms with E-state index >= 15 is 0 Å². The molecule has 0 N–H and O–H groups in total. The van der Waals surface area contributed by atoms with Crippen molar-refractivity contribution in [3.05, 3.63) is 12.2 Å². The van der Waals surface area contributed by atoms with Gasteiger partial charge in [0.05, 0.1) is 0 Å². The molecule has 0 saturated carbocycles. The number of hydrogen-bond acceptors (Lipinski definition) is 2. The van der Waals surface area contributed by atoms with Gasteiger partial charge in [0.2, 0.25) is 0 Å². The summed E-state index contributed by atoms with van der Waals surface area (Å²) in [6, 6.07) is 0. The lowest BCUT2D eigenvalue weighted by atomic mass is 9.94. The van der Waals surface area contributed by atoms with E-state index in [1.54, 1.807) is 0 Å². The highest BCUT2D eigenvalue weighted by atomic mass is 19.4. The van der Waals surface area contributed by atoms with E-state index in [4.69, 9.17) is 0 Å². The molecule has 0 heterocycles. The van der Waals surface area contributed by atoms with Crippen LogP contribution in [0.1, 0.15) is 33.1 Å². The third-order valence-corrected chi connectivity index (χ3v) is 2.64. The maximum absolute atomic E-state index is 13.6. The predicted molar refractivity (Wildman–Crippen MR) is 60.2 cm³/mol. The van der Waals surface area contributed by atoms with Gasteiger partial charge in [-0.1, -0.05) is 19.9 Å². The highest BCUT2D eigenvalue weighted by Gasteiger charge is 2.72. The van der Waals surface area contributed by atoms with E-state index in [1.807, 2.05) is 0 Å². The third kappa shape index (κ3) is 4.89. The highest BCUT2D eigenvalue weighted by molar-refractivity contribution is 5.87. The van der Waals surface area contributed by atoms with Crippen LogP contribution in [0, 0.1) is 0 Å². The highest BCUT2D eigenvalue weighted by Crippen LogP contribution is 2.49. The zero-order valence-electron chi connectivity index (χ0n) is 11.4. The molecule has 0 radical (unpaired) electrons. The quantitative estimate of drug-likeness (QED) is 0.408. The van der Waals surface area contributed by atoms with Crippen LogP contribution in [0.2, 0.25) is 0 Å². The first-order valence-corrected chi connectivity index (χ1v) is 5.95. The van der Waals surface area contributed by atoms with Crippen LogP contribution >= 0.6 is 0 Å². The second-order valence-electron chi connectivity index (χ2n) is 4.60. The van der Waals surface area contributed by atoms with Gasteiger partial charge >= 0.3 is 24.0 Å². The second-order valence-corrected chi connectivity index (χ2v) is 4.60. The molecule has 0 aromatic rings. The first kappa shape index (κ1) is 19.7. The van der Waals surface area contributed by atoms with Crippen molar-refractivity contribution < 1.29 is 40.3 Å². The van der Waals surface area contributed by atoms with Crippen LogP contribution < -0.4 is 0 Å². The molecule has 0 bridgehead atoms. The van der Waals surface area contributed by atoms with Gasteiger partial charge in [-0.25, -0.2) is 9.18 Å². The zero-order chi connectivity index (χ0) is 17.1. The minimum atomic E-state index is -6.16. The molecule has 1 unspecified atom stereocenters. The first-order valence-electron chi connectivity index (χ1n) is 5.95. The lowest BCUT2D eigenvalue weighted by molar-refractivity contribution is -0.347. The molecule has 0 aromatic heterocycles. The summed E-state index contributed by atoms with van der Waals surface area (Å²) in [5.41, 5.74) is -5.64. The van der Waals surface area contributed by atoms with E-state index in [0.29, 0.717) is 0 Å². The number of ether oxygens (including phenoxy) is 1. The van der Waals surface area contributed by atoms with Crippen molar-refractivity contribution in [3.8, 4) is 0 Å². The first-order chi connectivity index (χ1) is 9.26. The maximum Gasteiger partial charge on any atom is 0.431 e. The van der Waals surface area contributed by atoms with Gasteiger partial charge < -0.3 is 4.74 Å². The number of esters is 1. The van der Waals surface area contributed by atoms with Crippen LogP contribution in [0.4, 0.5) is 30.7 Å². The average Bonchev–Trinajstić information content (AvgIpc) is 2.25. The maximum atomic E-state index is 13.6. The third-order valence-electron chi connectivity index (χ3n) is 2.64. The second kappa shape index (κ2) is 6.65. The van der Waals surface area contributed by atoms with E-state index in [2.05, 4.69) is 11.3 Å². The summed E-state index contributed by atoms with van der Waals surface area (Å²) in [5.74, 6) is -1.17. The van der Waals surface area contributed by atoms with E-state index in [9.17, 15) is 35.5 Å². The molecule has 124 valence electrons. The van der Waals surface area contributed by atoms with E-state index in [-0.39, 0.29) is 18.4 Å². The summed E-state index contributed by atoms with van der Waals surface area (Å²) >= 11 is 0. The lowest BCUT2D eigenvalue weighted by Gasteiger charge is -2.32. The van der Waals surface area contributed by atoms with Crippen LogP contribution in [0.25, 0.3) is 0 Å². The molecule has 21 heavy (non-hydrogen) atoms. The Morgan fingerprint density at radius 3 is 1.81 bits per heavy atom. The van der Waals surface area contributed by atoms with Crippen LogP contribution in [0.5, 0.6) is 0 Å². The van der Waals surface area contributed by atoms with Gasteiger partial charge in [-0.05, 0) is 13.3 Å². The largest absolute Gasteiger partial charge is 0.459 e. The van der Waals surface area contributed by atoms with Gasteiger partial charge in [0, 0.05) is 12.0 Å². The van der Waals surface area contributed by atoms with Crippen molar-refractivity contribution in [1.29, 1.82) is 0 Å². The number of halogens is 7. The van der Waals surface area contributed by atoms with Crippen LogP contribution in [0.15, 0.2) is 12.2 Å². The van der Waals surface area contributed by atoms with Gasteiger partial charge in [0.15, 0.2) is 0 Å². The van der Waals surface area contributed by atoms with Crippen LogP contribution in [-0.2, 0) is 9.53 Å². The fraction of sp³-hybridized carbons (Fsp3) is 0.750. The van der Waals surface area contributed by atoms with Crippen molar-refractivity contribution in [1.82, 2.24) is 0 Å². The summed E-state index contributed by atoms with van der Waals surface area (Å²) in [6.07, 6.45) is -16.4. The Morgan fingerprint density at radius 1 is 1.10 bits per heavy atom. The molecule has 2 nitrogen and oxygen atoms in total. The summed E-state index contributed by atoms with van der Waals surface area (Å²) in [4.78, 5) is 11.2.